The molecule has 10 nitrogen and oxygen atoms in total. The molecule has 9 aromatic carbocycles. The van der Waals surface area contributed by atoms with Gasteiger partial charge < -0.3 is 9.80 Å². The molecule has 0 unspecified atom stereocenters. The monoisotopic (exact) mass is 1180 g/mol. The van der Waals surface area contributed by atoms with Gasteiger partial charge in [-0.15, -0.1) is 0 Å². The number of nitro benzene ring substituents is 2. The number of nitrogens with zero attached hydrogens (tertiary/aromatic N) is 6. The molecule has 0 radical (unpaired) electrons. The average molecular weight is 1180 g/mol. The summed E-state index contributed by atoms with van der Waals surface area (Å²) in [5.41, 5.74) is 18.5. The van der Waals surface area contributed by atoms with Crippen molar-refractivity contribution in [3.63, 3.8) is 0 Å². The van der Waals surface area contributed by atoms with Crippen LogP contribution in [0.1, 0.15) is 83.3 Å². The van der Waals surface area contributed by atoms with Crippen LogP contribution in [-0.2, 0) is 60.4 Å². The van der Waals surface area contributed by atoms with E-state index in [0.717, 1.165) is 70.7 Å². The number of benzene rings is 9. The summed E-state index contributed by atoms with van der Waals surface area (Å²) in [6, 6.07) is 80.0. The number of hydrogen-bond donors (Lipinski definition) is 0. The molecule has 446 valence electrons. The molecule has 13 rings (SSSR count). The second-order valence-corrected chi connectivity index (χ2v) is 25.7. The summed E-state index contributed by atoms with van der Waals surface area (Å²) >= 11 is 0. The lowest BCUT2D eigenvalue weighted by Gasteiger charge is -2.33. The fraction of sp³-hybridized carbons (Fsp3) is 0.200. The molecule has 0 saturated heterocycles. The lowest BCUT2D eigenvalue weighted by Crippen LogP contribution is -2.34. The van der Waals surface area contributed by atoms with Crippen molar-refractivity contribution in [2.45, 2.75) is 88.1 Å². The summed E-state index contributed by atoms with van der Waals surface area (Å²) in [5.74, 6) is 0. The second kappa shape index (κ2) is 23.7. The van der Waals surface area contributed by atoms with Crippen LogP contribution in [0.3, 0.4) is 0 Å². The summed E-state index contributed by atoms with van der Waals surface area (Å²) in [4.78, 5) is 28.8. The number of anilines is 2. The van der Waals surface area contributed by atoms with E-state index in [9.17, 15) is 20.2 Å². The third kappa shape index (κ3) is 10.6. The molecule has 4 aliphatic rings. The van der Waals surface area contributed by atoms with Crippen LogP contribution < -0.4 is 9.80 Å². The molecule has 0 N–H and O–H groups in total. The van der Waals surface area contributed by atoms with Crippen LogP contribution >= 0.6 is 0 Å². The first-order chi connectivity index (χ1) is 43.6. The number of hydrogen-bond acceptors (Lipinski definition) is 6. The van der Waals surface area contributed by atoms with E-state index in [1.54, 1.807) is 24.3 Å². The van der Waals surface area contributed by atoms with Crippen LogP contribution in [0.25, 0.3) is 0 Å². The molecular weight excluding hydrogens is 1110 g/mol. The molecule has 0 aromatic heterocycles. The number of likely N-dealkylation sites (N-methyl/N-ethyl adjacent to an activating group) is 2. The van der Waals surface area contributed by atoms with Crippen molar-refractivity contribution in [2.24, 2.45) is 0 Å². The van der Waals surface area contributed by atoms with Gasteiger partial charge in [-0.1, -0.05) is 194 Å². The highest BCUT2D eigenvalue weighted by Crippen LogP contribution is 2.53. The van der Waals surface area contributed by atoms with Gasteiger partial charge in [0.1, 0.15) is 0 Å². The van der Waals surface area contributed by atoms with Crippen molar-refractivity contribution in [3.8, 4) is 0 Å². The largest absolute Gasteiger partial charge is 0.347 e. The van der Waals surface area contributed by atoms with Crippen LogP contribution in [0, 0.1) is 20.2 Å². The van der Waals surface area contributed by atoms with Gasteiger partial charge in [-0.2, -0.15) is 9.15 Å². The Balaban J connectivity index is 0.867. The Morgan fingerprint density at radius 3 is 1.02 bits per heavy atom. The van der Waals surface area contributed by atoms with Crippen molar-refractivity contribution < 1.29 is 19.0 Å². The van der Waals surface area contributed by atoms with Crippen LogP contribution in [0.5, 0.6) is 0 Å². The minimum Gasteiger partial charge on any atom is -0.347 e. The summed E-state index contributed by atoms with van der Waals surface area (Å²) in [6.45, 7) is 9.70. The van der Waals surface area contributed by atoms with E-state index >= 15 is 0 Å². The minimum absolute atomic E-state index is 0.0648. The number of allylic oxidation sites excluding steroid dienone is 8. The van der Waals surface area contributed by atoms with E-state index in [1.165, 1.54) is 56.1 Å². The van der Waals surface area contributed by atoms with E-state index in [4.69, 9.17) is 0 Å². The molecule has 0 aliphatic carbocycles. The van der Waals surface area contributed by atoms with Crippen LogP contribution in [0.4, 0.5) is 34.1 Å². The third-order valence-corrected chi connectivity index (χ3v) is 19.6. The van der Waals surface area contributed by atoms with Gasteiger partial charge in [-0.25, -0.2) is 0 Å². The van der Waals surface area contributed by atoms with Gasteiger partial charge >= 0.3 is 0 Å². The maximum absolute atomic E-state index is 12.4. The van der Waals surface area contributed by atoms with Gasteiger partial charge in [0.2, 0.25) is 11.4 Å². The highest BCUT2D eigenvalue weighted by Gasteiger charge is 2.50. The number of rotatable bonds is 18. The highest BCUT2D eigenvalue weighted by molar-refractivity contribution is 6.04. The summed E-state index contributed by atoms with van der Waals surface area (Å²) in [6.07, 6.45) is 16.6. The zero-order valence-electron chi connectivity index (χ0n) is 52.0. The zero-order chi connectivity index (χ0) is 62.4. The van der Waals surface area contributed by atoms with Gasteiger partial charge in [-0.05, 0) is 111 Å². The molecule has 9 aromatic rings. The zero-order valence-corrected chi connectivity index (χ0v) is 52.0. The molecule has 10 heteroatoms. The molecule has 4 heterocycles. The summed E-state index contributed by atoms with van der Waals surface area (Å²) in [5, 5.41) is 24.7. The number of fused-ring (bicyclic) bond motifs is 4. The van der Waals surface area contributed by atoms with E-state index < -0.39 is 10.8 Å². The molecule has 90 heavy (non-hydrogen) atoms. The average Bonchev–Trinajstić information content (AvgIpc) is 1.76. The fourth-order valence-corrected chi connectivity index (χ4v) is 15.2. The second-order valence-electron chi connectivity index (χ2n) is 25.7. The normalized spacial score (nSPS) is 17.4. The standard InChI is InChI=1S/C80H74N6O4/c1-77(2)67-49-63(85(87)88)45-47-71(67)83(73(77)37-23-39-75-79(51-57-25-11-7-12-26-57,52-58-27-13-8-14-28-58)65-33-19-21-35-69(65)81(75)5)55-61-41-43-62(44-42-61)56-84-72-48-46-64(86(89)90)50-68(72)78(3,4)74(84)38-24-40-76-80(53-59-29-15-9-16-30-59,54-60-31-17-10-18-32-60)66-34-20-22-36-70(66)82(76)6/h7-50H,51-56H2,1-6H3/q+2. The Kier molecular flexibility index (Phi) is 15.4. The molecular formula is C80H74N6O4+2. The number of nitro groups is 2. The predicted molar refractivity (Wildman–Crippen MR) is 364 cm³/mol. The lowest BCUT2D eigenvalue weighted by atomic mass is 9.70. The Hall–Kier alpha value is -10.3. The smallest absolute Gasteiger partial charge is 0.270 e. The first-order valence-electron chi connectivity index (χ1n) is 31.1. The molecule has 0 fully saturated rings. The first kappa shape index (κ1) is 58.7. The molecule has 0 amide bonds. The third-order valence-electron chi connectivity index (χ3n) is 19.6. The SMILES string of the molecule is CN1/C(=C/C=C/C2=[N+](Cc3ccc(C[N+]4=C(/C=C/C=C5/N(C)c6ccccc6C5(Cc5ccccc5)Cc5ccccc5)C(C)(C)c5cc([N+](=O)[O-])ccc54)cc3)c3ccc([N+](=O)[O-])cc3C2(C)C)C(Cc2ccccc2)(Cc2ccccc2)c2ccccc21. The maximum atomic E-state index is 12.4. The summed E-state index contributed by atoms with van der Waals surface area (Å²) in [7, 11) is 4.35. The first-order valence-corrected chi connectivity index (χ1v) is 31.1. The lowest BCUT2D eigenvalue weighted by molar-refractivity contribution is -0.456. The quantitative estimate of drug-likeness (QED) is 0.0482. The molecule has 0 spiro atoms. The molecule has 0 bridgehead atoms. The van der Waals surface area contributed by atoms with Gasteiger partial charge in [0.15, 0.2) is 24.5 Å². The van der Waals surface area contributed by atoms with Crippen molar-refractivity contribution >= 4 is 45.5 Å². The van der Waals surface area contributed by atoms with Gasteiger partial charge in [-0.3, -0.25) is 20.2 Å². The predicted octanol–water partition coefficient (Wildman–Crippen LogP) is 17.3. The van der Waals surface area contributed by atoms with E-state index in [1.807, 2.05) is 12.1 Å². The van der Waals surface area contributed by atoms with E-state index in [2.05, 4.69) is 291 Å². The van der Waals surface area contributed by atoms with Crippen molar-refractivity contribution in [3.05, 3.63) is 354 Å². The Labute approximate surface area is 528 Å². The van der Waals surface area contributed by atoms with Crippen LogP contribution in [0.15, 0.2) is 278 Å². The van der Waals surface area contributed by atoms with Gasteiger partial charge in [0.05, 0.1) is 20.7 Å². The van der Waals surface area contributed by atoms with E-state index in [-0.39, 0.29) is 32.1 Å². The highest BCUT2D eigenvalue weighted by atomic mass is 16.6. The number of para-hydroxylation sites is 2. The fourth-order valence-electron chi connectivity index (χ4n) is 15.2. The minimum atomic E-state index is -0.588. The van der Waals surface area contributed by atoms with Gasteiger partial charge in [0.25, 0.3) is 11.4 Å². The summed E-state index contributed by atoms with van der Waals surface area (Å²) < 4.78 is 4.65. The molecule has 4 aliphatic heterocycles. The Bertz CT molecular complexity index is 4080. The Morgan fingerprint density at radius 1 is 0.389 bits per heavy atom. The Morgan fingerprint density at radius 2 is 0.700 bits per heavy atom. The van der Waals surface area contributed by atoms with Crippen molar-refractivity contribution in [1.82, 2.24) is 0 Å². The van der Waals surface area contributed by atoms with E-state index in [0.29, 0.717) is 13.1 Å². The topological polar surface area (TPSA) is 98.8 Å². The van der Waals surface area contributed by atoms with Crippen LogP contribution in [-0.4, -0.2) is 44.5 Å². The van der Waals surface area contributed by atoms with Crippen LogP contribution in [0.2, 0.25) is 0 Å². The molecule has 0 saturated carbocycles. The van der Waals surface area contributed by atoms with Gasteiger partial charge in [0, 0.05) is 118 Å². The maximum Gasteiger partial charge on any atom is 0.270 e. The van der Waals surface area contributed by atoms with Crippen molar-refractivity contribution in [1.29, 1.82) is 0 Å². The van der Waals surface area contributed by atoms with Crippen molar-refractivity contribution in [2.75, 3.05) is 23.9 Å². The molecule has 0 atom stereocenters. The number of non-ortho nitro benzene ring substituents is 2.